The van der Waals surface area contributed by atoms with E-state index < -0.39 is 0 Å². The first kappa shape index (κ1) is 20.2. The molecule has 0 amide bonds. The van der Waals surface area contributed by atoms with Gasteiger partial charge in [-0.05, 0) is 36.6 Å². The van der Waals surface area contributed by atoms with Crippen LogP contribution in [0.4, 0.5) is 0 Å². The van der Waals surface area contributed by atoms with Gasteiger partial charge in [-0.1, -0.05) is 50.2 Å². The van der Waals surface area contributed by atoms with E-state index >= 15 is 0 Å². The van der Waals surface area contributed by atoms with Crippen LogP contribution in [0, 0.1) is 6.07 Å². The maximum Gasteiger partial charge on any atom is 0.159 e. The molecule has 0 saturated heterocycles. The molecule has 3 aromatic carbocycles. The first-order valence-corrected chi connectivity index (χ1v) is 9.41. The van der Waals surface area contributed by atoms with Crippen molar-refractivity contribution in [3.05, 3.63) is 90.0 Å². The molecule has 0 aliphatic heterocycles. The minimum absolute atomic E-state index is 0. The van der Waals surface area contributed by atoms with Crippen molar-refractivity contribution < 1.29 is 20.1 Å². The molecule has 1 heterocycles. The molecule has 0 fully saturated rings. The fourth-order valence-corrected chi connectivity index (χ4v) is 3.26. The Bertz CT molecular complexity index is 989. The van der Waals surface area contributed by atoms with E-state index in [1.54, 1.807) is 0 Å². The van der Waals surface area contributed by atoms with Gasteiger partial charge >= 0.3 is 0 Å². The Morgan fingerprint density at radius 2 is 1.50 bits per heavy atom. The Labute approximate surface area is 179 Å². The third-order valence-electron chi connectivity index (χ3n) is 4.79. The van der Waals surface area contributed by atoms with Gasteiger partial charge in [0, 0.05) is 31.4 Å². The Balaban J connectivity index is 0.00000225. The topological polar surface area (TPSA) is 30.7 Å². The number of benzene rings is 3. The summed E-state index contributed by atoms with van der Waals surface area (Å²) < 4.78 is 2.13. The molecule has 0 aliphatic carbocycles. The molecule has 4 rings (SSSR count). The van der Waals surface area contributed by atoms with Crippen molar-refractivity contribution in [3.8, 4) is 28.5 Å². The van der Waals surface area contributed by atoms with Crippen LogP contribution in [0.3, 0.4) is 0 Å². The number of aryl methyl sites for hydroxylation is 2. The summed E-state index contributed by atoms with van der Waals surface area (Å²) in [5.41, 5.74) is 5.63. The van der Waals surface area contributed by atoms with Gasteiger partial charge in [-0.25, -0.2) is 0 Å². The van der Waals surface area contributed by atoms with E-state index in [1.807, 2.05) is 24.3 Å². The molecule has 1 aromatic heterocycles. The van der Waals surface area contributed by atoms with Gasteiger partial charge in [0.25, 0.3) is 0 Å². The second-order valence-corrected chi connectivity index (χ2v) is 6.54. The van der Waals surface area contributed by atoms with Crippen LogP contribution in [0.2, 0.25) is 0 Å². The van der Waals surface area contributed by atoms with E-state index in [4.69, 9.17) is 0 Å². The number of aromatic nitrogens is 3. The Morgan fingerprint density at radius 3 is 2.25 bits per heavy atom. The van der Waals surface area contributed by atoms with Crippen molar-refractivity contribution in [1.82, 2.24) is 14.8 Å². The fraction of sp³-hybridized carbons (Fsp3) is 0.167. The number of rotatable bonds is 5. The third kappa shape index (κ3) is 3.99. The molecule has 143 valence electrons. The molecule has 4 heteroatoms. The SMILES string of the molecule is CCc1cc[c-]c(-c2nnc(-c3cccc(CC)c3)n2-c2ccccc2)c1.[Ir]. The molecule has 0 atom stereocenters. The average molecular weight is 545 g/mol. The normalized spacial score (nSPS) is 10.5. The number of hydrogen-bond acceptors (Lipinski definition) is 2. The second-order valence-electron chi connectivity index (χ2n) is 6.54. The monoisotopic (exact) mass is 545 g/mol. The van der Waals surface area contributed by atoms with Gasteiger partial charge in [0.05, 0.1) is 5.82 Å². The number of nitrogens with zero attached hydrogens (tertiary/aromatic N) is 3. The molecule has 4 aromatic rings. The minimum atomic E-state index is 0. The second kappa shape index (κ2) is 9.09. The van der Waals surface area contributed by atoms with E-state index in [0.717, 1.165) is 41.3 Å². The number of para-hydroxylation sites is 1. The van der Waals surface area contributed by atoms with Gasteiger partial charge in [-0.3, -0.25) is 0 Å². The summed E-state index contributed by atoms with van der Waals surface area (Å²) in [4.78, 5) is 0. The molecule has 0 N–H and O–H groups in total. The van der Waals surface area contributed by atoms with Crippen molar-refractivity contribution in [2.24, 2.45) is 0 Å². The van der Waals surface area contributed by atoms with Crippen LogP contribution in [0.25, 0.3) is 28.5 Å². The van der Waals surface area contributed by atoms with Crippen LogP contribution < -0.4 is 0 Å². The van der Waals surface area contributed by atoms with Crippen molar-refractivity contribution >= 4 is 0 Å². The van der Waals surface area contributed by atoms with E-state index in [1.165, 1.54) is 11.1 Å². The Kier molecular flexibility index (Phi) is 6.56. The molecule has 0 saturated carbocycles. The zero-order chi connectivity index (χ0) is 18.6. The first-order valence-electron chi connectivity index (χ1n) is 9.41. The molecular weight excluding hydrogens is 523 g/mol. The minimum Gasteiger partial charge on any atom is -0.316 e. The number of hydrogen-bond donors (Lipinski definition) is 0. The van der Waals surface area contributed by atoms with Crippen molar-refractivity contribution in [2.45, 2.75) is 26.7 Å². The zero-order valence-corrected chi connectivity index (χ0v) is 18.4. The third-order valence-corrected chi connectivity index (χ3v) is 4.79. The predicted molar refractivity (Wildman–Crippen MR) is 110 cm³/mol. The van der Waals surface area contributed by atoms with Gasteiger partial charge in [-0.2, -0.15) is 5.10 Å². The van der Waals surface area contributed by atoms with Gasteiger partial charge in [-0.15, -0.1) is 40.5 Å². The van der Waals surface area contributed by atoms with Crippen molar-refractivity contribution in [1.29, 1.82) is 0 Å². The molecule has 3 nitrogen and oxygen atoms in total. The summed E-state index contributed by atoms with van der Waals surface area (Å²) in [6, 6.07) is 28.3. The van der Waals surface area contributed by atoms with E-state index in [2.05, 4.69) is 83.2 Å². The molecule has 1 radical (unpaired) electrons. The Morgan fingerprint density at radius 1 is 0.786 bits per heavy atom. The largest absolute Gasteiger partial charge is 0.316 e. The Hall–Kier alpha value is -2.55. The van der Waals surface area contributed by atoms with Crippen LogP contribution in [0.15, 0.2) is 72.8 Å². The quantitative estimate of drug-likeness (QED) is 0.310. The van der Waals surface area contributed by atoms with Gasteiger partial charge in [0.1, 0.15) is 0 Å². The van der Waals surface area contributed by atoms with E-state index in [9.17, 15) is 0 Å². The summed E-state index contributed by atoms with van der Waals surface area (Å²) >= 11 is 0. The van der Waals surface area contributed by atoms with Crippen LogP contribution >= 0.6 is 0 Å². The smallest absolute Gasteiger partial charge is 0.159 e. The predicted octanol–water partition coefficient (Wildman–Crippen LogP) is 5.52. The van der Waals surface area contributed by atoms with Crippen LogP contribution in [-0.2, 0) is 32.9 Å². The zero-order valence-electron chi connectivity index (χ0n) is 16.0. The van der Waals surface area contributed by atoms with E-state index in [-0.39, 0.29) is 20.1 Å². The summed E-state index contributed by atoms with van der Waals surface area (Å²) in [5, 5.41) is 9.11. The van der Waals surface area contributed by atoms with Crippen molar-refractivity contribution in [2.75, 3.05) is 0 Å². The standard InChI is InChI=1S/C24H22N3.Ir/c1-3-18-10-8-12-20(16-18)23-25-26-24(21-13-9-11-19(4-2)17-21)27(23)22-14-6-5-7-15-22;/h5-12,14-17H,3-4H2,1-2H3;/q-1;. The summed E-state index contributed by atoms with van der Waals surface area (Å²) in [6.45, 7) is 4.32. The molecular formula is C24H22IrN3-. The molecule has 0 unspecified atom stereocenters. The fourth-order valence-electron chi connectivity index (χ4n) is 3.26. The maximum atomic E-state index is 4.56. The first-order chi connectivity index (χ1) is 13.3. The summed E-state index contributed by atoms with van der Waals surface area (Å²) in [5.74, 6) is 1.66. The molecule has 0 bridgehead atoms. The van der Waals surface area contributed by atoms with Crippen molar-refractivity contribution in [3.63, 3.8) is 0 Å². The molecule has 28 heavy (non-hydrogen) atoms. The van der Waals surface area contributed by atoms with Gasteiger partial charge in [0.2, 0.25) is 0 Å². The molecule has 0 spiro atoms. The van der Waals surface area contributed by atoms with Crippen LogP contribution in [0.5, 0.6) is 0 Å². The summed E-state index contributed by atoms with van der Waals surface area (Å²) in [7, 11) is 0. The molecule has 0 aliphatic rings. The average Bonchev–Trinajstić information content (AvgIpc) is 3.19. The van der Waals surface area contributed by atoms with Gasteiger partial charge < -0.3 is 4.57 Å². The van der Waals surface area contributed by atoms with Crippen LogP contribution in [0.1, 0.15) is 25.0 Å². The summed E-state index contributed by atoms with van der Waals surface area (Å²) in [6.07, 6.45) is 1.97. The maximum absolute atomic E-state index is 4.56. The van der Waals surface area contributed by atoms with Crippen LogP contribution in [-0.4, -0.2) is 14.8 Å². The van der Waals surface area contributed by atoms with Gasteiger partial charge in [0.15, 0.2) is 5.82 Å². The van der Waals surface area contributed by atoms with E-state index in [0.29, 0.717) is 0 Å².